The summed E-state index contributed by atoms with van der Waals surface area (Å²) in [5.41, 5.74) is 0.393. The Morgan fingerprint density at radius 3 is 2.71 bits per heavy atom. The van der Waals surface area contributed by atoms with E-state index >= 15 is 0 Å². The van der Waals surface area contributed by atoms with Crippen LogP contribution in [0.4, 0.5) is 10.6 Å². The summed E-state index contributed by atoms with van der Waals surface area (Å²) in [5, 5.41) is 6.80. The molecule has 0 unspecified atom stereocenters. The van der Waals surface area contributed by atoms with E-state index in [-0.39, 0.29) is 18.3 Å². The molecule has 130 valence electrons. The van der Waals surface area contributed by atoms with Crippen LogP contribution in [0, 0.1) is 0 Å². The van der Waals surface area contributed by atoms with Gasteiger partial charge in [-0.05, 0) is 19.4 Å². The fourth-order valence-corrected chi connectivity index (χ4v) is 3.04. The number of carbonyl (C=O) groups is 3. The molecule has 0 bridgehead atoms. The maximum atomic E-state index is 12.0. The number of aromatic nitrogens is 2. The lowest BCUT2D eigenvalue weighted by atomic mass is 10.2. The topological polar surface area (TPSA) is 99.5 Å². The molecule has 9 heteroatoms. The molecule has 1 amide bonds. The molecule has 0 fully saturated rings. The Balaban J connectivity index is 2.41. The van der Waals surface area contributed by atoms with E-state index in [2.05, 4.69) is 10.4 Å². The van der Waals surface area contributed by atoms with Crippen molar-refractivity contribution in [2.75, 3.05) is 19.0 Å². The monoisotopic (exact) mass is 353 g/mol. The van der Waals surface area contributed by atoms with Crippen LogP contribution < -0.4 is 5.32 Å². The van der Waals surface area contributed by atoms with Crippen molar-refractivity contribution in [1.82, 2.24) is 9.78 Å². The van der Waals surface area contributed by atoms with Crippen LogP contribution in [0.2, 0.25) is 0 Å². The Labute approximate surface area is 142 Å². The summed E-state index contributed by atoms with van der Waals surface area (Å²) in [6, 6.07) is 1.50. The molecule has 0 aromatic carbocycles. The Kier molecular flexibility index (Phi) is 5.91. The lowest BCUT2D eigenvalue weighted by molar-refractivity contribution is -0.116. The van der Waals surface area contributed by atoms with Crippen molar-refractivity contribution >= 4 is 45.3 Å². The van der Waals surface area contributed by atoms with Crippen molar-refractivity contribution in [2.45, 2.75) is 33.1 Å². The maximum Gasteiger partial charge on any atom is 0.435 e. The zero-order chi connectivity index (χ0) is 17.7. The average molecular weight is 353 g/mol. The van der Waals surface area contributed by atoms with Crippen molar-refractivity contribution in [3.8, 4) is 0 Å². The van der Waals surface area contributed by atoms with Gasteiger partial charge in [0.2, 0.25) is 5.91 Å². The van der Waals surface area contributed by atoms with Crippen LogP contribution in [-0.4, -0.2) is 41.5 Å². The van der Waals surface area contributed by atoms with E-state index in [1.807, 2.05) is 6.92 Å². The van der Waals surface area contributed by atoms with E-state index in [4.69, 9.17) is 9.47 Å². The van der Waals surface area contributed by atoms with E-state index in [1.54, 1.807) is 6.92 Å². The molecule has 2 aromatic rings. The summed E-state index contributed by atoms with van der Waals surface area (Å²) in [6.07, 6.45) is 1.34. The van der Waals surface area contributed by atoms with Crippen LogP contribution in [0.1, 0.15) is 42.8 Å². The fourth-order valence-electron chi connectivity index (χ4n) is 2.05. The molecule has 8 nitrogen and oxygen atoms in total. The molecule has 0 spiro atoms. The first kappa shape index (κ1) is 17.9. The molecule has 0 saturated carbocycles. The van der Waals surface area contributed by atoms with Gasteiger partial charge in [0.05, 0.1) is 23.9 Å². The molecule has 1 N–H and O–H groups in total. The number of unbranched alkanes of at least 4 members (excludes halogenated alkanes) is 1. The van der Waals surface area contributed by atoms with Crippen molar-refractivity contribution in [3.63, 3.8) is 0 Å². The number of amides is 1. The molecule has 24 heavy (non-hydrogen) atoms. The molecule has 0 aliphatic rings. The van der Waals surface area contributed by atoms with Gasteiger partial charge in [-0.2, -0.15) is 4.68 Å². The molecule has 2 aromatic heterocycles. The normalized spacial score (nSPS) is 10.6. The van der Waals surface area contributed by atoms with Crippen molar-refractivity contribution < 1.29 is 23.9 Å². The van der Waals surface area contributed by atoms with Crippen LogP contribution in [0.3, 0.4) is 0 Å². The van der Waals surface area contributed by atoms with Gasteiger partial charge >= 0.3 is 12.1 Å². The third-order valence-electron chi connectivity index (χ3n) is 3.20. The van der Waals surface area contributed by atoms with E-state index < -0.39 is 12.1 Å². The second kappa shape index (κ2) is 7.91. The highest BCUT2D eigenvalue weighted by Crippen LogP contribution is 2.32. The molecule has 0 aliphatic carbocycles. The number of hydrogen-bond acceptors (Lipinski definition) is 7. The Bertz CT molecular complexity index is 765. The van der Waals surface area contributed by atoms with E-state index in [1.165, 1.54) is 13.2 Å². The summed E-state index contributed by atoms with van der Waals surface area (Å²) in [6.45, 7) is 3.86. The lowest BCUT2D eigenvalue weighted by Crippen LogP contribution is -2.16. The predicted molar refractivity (Wildman–Crippen MR) is 89.5 cm³/mol. The summed E-state index contributed by atoms with van der Waals surface area (Å²) in [5.74, 6) is -0.477. The summed E-state index contributed by atoms with van der Waals surface area (Å²) >= 11 is 1.10. The number of rotatable bonds is 6. The number of anilines is 1. The molecular weight excluding hydrogens is 334 g/mol. The number of ether oxygens (including phenoxy) is 2. The van der Waals surface area contributed by atoms with Crippen molar-refractivity contribution in [1.29, 1.82) is 0 Å². The van der Waals surface area contributed by atoms with Crippen molar-refractivity contribution in [3.05, 3.63) is 10.9 Å². The fraction of sp³-hybridized carbons (Fsp3) is 0.467. The first-order chi connectivity index (χ1) is 11.5. The number of thiophene rings is 1. The minimum Gasteiger partial charge on any atom is -0.465 e. The van der Waals surface area contributed by atoms with E-state index in [0.29, 0.717) is 21.5 Å². The van der Waals surface area contributed by atoms with Gasteiger partial charge < -0.3 is 14.8 Å². The number of nitrogens with one attached hydrogen (secondary N) is 1. The van der Waals surface area contributed by atoms with Crippen LogP contribution in [-0.2, 0) is 14.3 Å². The lowest BCUT2D eigenvalue weighted by Gasteiger charge is -2.02. The Morgan fingerprint density at radius 1 is 1.33 bits per heavy atom. The van der Waals surface area contributed by atoms with Crippen LogP contribution >= 0.6 is 11.3 Å². The third-order valence-corrected chi connectivity index (χ3v) is 4.31. The quantitative estimate of drug-likeness (QED) is 0.801. The SMILES string of the molecule is CCCCC(=O)Nc1nn(C(=O)OCC)c2cc(C(=O)OC)sc12. The Hall–Kier alpha value is -2.42. The zero-order valence-corrected chi connectivity index (χ0v) is 14.6. The van der Waals surface area contributed by atoms with Gasteiger partial charge in [0.1, 0.15) is 4.88 Å². The van der Waals surface area contributed by atoms with Gasteiger partial charge in [0, 0.05) is 6.42 Å². The van der Waals surface area contributed by atoms with Gasteiger partial charge in [0.25, 0.3) is 0 Å². The number of esters is 1. The number of fused-ring (bicyclic) bond motifs is 1. The summed E-state index contributed by atoms with van der Waals surface area (Å²) < 4.78 is 11.2. The zero-order valence-electron chi connectivity index (χ0n) is 13.7. The molecule has 0 radical (unpaired) electrons. The van der Waals surface area contributed by atoms with Gasteiger partial charge in [-0.15, -0.1) is 16.4 Å². The first-order valence-electron chi connectivity index (χ1n) is 7.59. The second-order valence-corrected chi connectivity index (χ2v) is 5.98. The minimum absolute atomic E-state index is 0.187. The highest BCUT2D eigenvalue weighted by Gasteiger charge is 2.23. The van der Waals surface area contributed by atoms with Gasteiger partial charge in [-0.1, -0.05) is 13.3 Å². The van der Waals surface area contributed by atoms with Crippen LogP contribution in [0.25, 0.3) is 10.2 Å². The van der Waals surface area contributed by atoms with E-state index in [9.17, 15) is 14.4 Å². The molecule has 0 aliphatic heterocycles. The Morgan fingerprint density at radius 2 is 2.08 bits per heavy atom. The standard InChI is InChI=1S/C15H19N3O5S/c1-4-6-7-11(19)16-13-12-9(8-10(24-12)14(20)22-3)18(17-13)15(21)23-5-2/h8H,4-7H2,1-3H3,(H,16,17,19). The number of carbonyl (C=O) groups excluding carboxylic acids is 3. The van der Waals surface area contributed by atoms with Crippen LogP contribution in [0.5, 0.6) is 0 Å². The van der Waals surface area contributed by atoms with Gasteiger partial charge in [-0.3, -0.25) is 4.79 Å². The molecular formula is C15H19N3O5S. The number of hydrogen-bond donors (Lipinski definition) is 1. The largest absolute Gasteiger partial charge is 0.465 e. The average Bonchev–Trinajstić information content (AvgIpc) is 3.13. The first-order valence-corrected chi connectivity index (χ1v) is 8.41. The van der Waals surface area contributed by atoms with Gasteiger partial charge in [0.15, 0.2) is 5.82 Å². The smallest absolute Gasteiger partial charge is 0.435 e. The minimum atomic E-state index is -0.675. The van der Waals surface area contributed by atoms with Crippen molar-refractivity contribution in [2.24, 2.45) is 0 Å². The molecule has 2 rings (SSSR count). The third kappa shape index (κ3) is 3.73. The molecule has 2 heterocycles. The molecule has 0 atom stereocenters. The maximum absolute atomic E-state index is 12.0. The summed E-state index contributed by atoms with van der Waals surface area (Å²) in [7, 11) is 1.28. The summed E-state index contributed by atoms with van der Waals surface area (Å²) in [4.78, 5) is 36.0. The highest BCUT2D eigenvalue weighted by molar-refractivity contribution is 7.21. The number of methoxy groups -OCH3 is 1. The van der Waals surface area contributed by atoms with E-state index in [0.717, 1.165) is 28.9 Å². The number of nitrogens with zero attached hydrogens (tertiary/aromatic N) is 2. The highest BCUT2D eigenvalue weighted by atomic mass is 32.1. The predicted octanol–water partition coefficient (Wildman–Crippen LogP) is 3.02. The van der Waals surface area contributed by atoms with Crippen LogP contribution in [0.15, 0.2) is 6.07 Å². The molecule has 0 saturated heterocycles. The van der Waals surface area contributed by atoms with Gasteiger partial charge in [-0.25, -0.2) is 9.59 Å². The second-order valence-electron chi connectivity index (χ2n) is 4.93.